The molecule has 0 atom stereocenters. The minimum Gasteiger partial charge on any atom is -0.457 e. The van der Waals surface area contributed by atoms with Gasteiger partial charge in [-0.05, 0) is 35.4 Å². The van der Waals surface area contributed by atoms with E-state index in [1.54, 1.807) is 0 Å². The summed E-state index contributed by atoms with van der Waals surface area (Å²) in [6.07, 6.45) is -2.49. The summed E-state index contributed by atoms with van der Waals surface area (Å²) < 4.78 is 67.6. The average Bonchev–Trinajstić information content (AvgIpc) is 3.08. The summed E-state index contributed by atoms with van der Waals surface area (Å²) in [7, 11) is -3.46. The first-order valence-corrected chi connectivity index (χ1v) is 11.1. The van der Waals surface area contributed by atoms with Crippen molar-refractivity contribution in [3.05, 3.63) is 70.1 Å². The van der Waals surface area contributed by atoms with Crippen LogP contribution >= 0.6 is 0 Å². The van der Waals surface area contributed by atoms with Gasteiger partial charge in [-0.2, -0.15) is 18.3 Å². The number of nitrogens with zero attached hydrogens (tertiary/aromatic N) is 2. The Bertz CT molecular complexity index is 1390. The molecule has 32 heavy (non-hydrogen) atoms. The lowest BCUT2D eigenvalue weighted by Crippen LogP contribution is -2.31. The van der Waals surface area contributed by atoms with E-state index in [-0.39, 0.29) is 28.2 Å². The van der Waals surface area contributed by atoms with E-state index in [0.29, 0.717) is 21.4 Å². The molecule has 0 aliphatic carbocycles. The van der Waals surface area contributed by atoms with Crippen LogP contribution in [0.1, 0.15) is 15.9 Å². The third kappa shape index (κ3) is 4.15. The van der Waals surface area contributed by atoms with Crippen LogP contribution in [0.3, 0.4) is 0 Å². The van der Waals surface area contributed by atoms with Crippen LogP contribution in [0.4, 0.5) is 13.2 Å². The molecule has 2 aromatic carbocycles. The second-order valence-corrected chi connectivity index (χ2v) is 9.27. The summed E-state index contributed by atoms with van der Waals surface area (Å²) in [5, 5.41) is 3.67. The van der Waals surface area contributed by atoms with E-state index in [0.717, 1.165) is 12.5 Å². The number of rotatable bonds is 4. The van der Waals surface area contributed by atoms with Gasteiger partial charge in [0, 0.05) is 17.4 Å². The van der Waals surface area contributed by atoms with Gasteiger partial charge in [0.05, 0.1) is 22.2 Å². The molecule has 0 saturated carbocycles. The van der Waals surface area contributed by atoms with Crippen molar-refractivity contribution in [2.45, 2.75) is 24.2 Å². The van der Waals surface area contributed by atoms with Gasteiger partial charge >= 0.3 is 12.1 Å². The van der Waals surface area contributed by atoms with E-state index in [4.69, 9.17) is 4.74 Å². The molecule has 1 aliphatic heterocycles. The Hall–Kier alpha value is -3.47. The largest absolute Gasteiger partial charge is 0.457 e. The lowest BCUT2D eigenvalue weighted by Gasteiger charge is -2.14. The summed E-state index contributed by atoms with van der Waals surface area (Å²) in [5.41, 5.74) is 0.688. The van der Waals surface area contributed by atoms with Gasteiger partial charge in [0.25, 0.3) is 5.56 Å². The van der Waals surface area contributed by atoms with Crippen molar-refractivity contribution in [1.29, 1.82) is 0 Å². The van der Waals surface area contributed by atoms with Crippen molar-refractivity contribution in [3.8, 4) is 22.3 Å². The number of hydrogen-bond donors (Lipinski definition) is 0. The predicted octanol–water partition coefficient (Wildman–Crippen LogP) is 3.21. The first kappa shape index (κ1) is 21.8. The molecule has 7 nitrogen and oxygen atoms in total. The molecule has 0 spiro atoms. The Labute approximate surface area is 180 Å². The van der Waals surface area contributed by atoms with Crippen LogP contribution in [0.25, 0.3) is 22.3 Å². The number of halogens is 3. The molecule has 0 bridgehead atoms. The van der Waals surface area contributed by atoms with E-state index >= 15 is 0 Å². The predicted molar refractivity (Wildman–Crippen MR) is 108 cm³/mol. The third-order valence-corrected chi connectivity index (χ3v) is 6.07. The molecule has 2 heterocycles. The first-order chi connectivity index (χ1) is 14.9. The van der Waals surface area contributed by atoms with Crippen LogP contribution in [0, 0.1) is 0 Å². The minimum absolute atomic E-state index is 0.0117. The van der Waals surface area contributed by atoms with Gasteiger partial charge in [0.1, 0.15) is 13.2 Å². The van der Waals surface area contributed by atoms with Crippen LogP contribution in [0.5, 0.6) is 0 Å². The van der Waals surface area contributed by atoms with Crippen LogP contribution < -0.4 is 5.56 Å². The van der Waals surface area contributed by atoms with Crippen molar-refractivity contribution in [2.75, 3.05) is 6.26 Å². The maximum absolute atomic E-state index is 13.0. The summed E-state index contributed by atoms with van der Waals surface area (Å²) in [6.45, 7) is -1.58. The van der Waals surface area contributed by atoms with Crippen LogP contribution in [-0.2, 0) is 27.7 Å². The van der Waals surface area contributed by atoms with Crippen LogP contribution in [0.2, 0.25) is 0 Å². The molecule has 4 rings (SSSR count). The fraction of sp³-hybridized carbons (Fsp3) is 0.190. The number of esters is 1. The number of benzene rings is 2. The molecule has 0 saturated heterocycles. The number of alkyl halides is 3. The highest BCUT2D eigenvalue weighted by Gasteiger charge is 2.30. The summed E-state index contributed by atoms with van der Waals surface area (Å²) in [4.78, 5) is 24.8. The lowest BCUT2D eigenvalue weighted by atomic mass is 9.95. The molecule has 0 unspecified atom stereocenters. The van der Waals surface area contributed by atoms with Gasteiger partial charge in [-0.15, -0.1) is 0 Å². The van der Waals surface area contributed by atoms with Gasteiger partial charge < -0.3 is 4.74 Å². The molecule has 166 valence electrons. The molecular formula is C21H15F3N2O5S. The Morgan fingerprint density at radius 1 is 1.03 bits per heavy atom. The highest BCUT2D eigenvalue weighted by molar-refractivity contribution is 7.90. The van der Waals surface area contributed by atoms with Crippen molar-refractivity contribution < 1.29 is 31.1 Å². The number of ether oxygens (including phenoxy) is 1. The van der Waals surface area contributed by atoms with Crippen molar-refractivity contribution in [3.63, 3.8) is 0 Å². The van der Waals surface area contributed by atoms with Crippen molar-refractivity contribution >= 4 is 15.8 Å². The highest BCUT2D eigenvalue weighted by Crippen LogP contribution is 2.32. The lowest BCUT2D eigenvalue weighted by molar-refractivity contribution is -0.143. The second kappa shape index (κ2) is 7.59. The van der Waals surface area contributed by atoms with Gasteiger partial charge in [-0.25, -0.2) is 17.9 Å². The van der Waals surface area contributed by atoms with E-state index in [9.17, 15) is 31.2 Å². The summed E-state index contributed by atoms with van der Waals surface area (Å²) in [6, 6.07) is 9.99. The molecule has 0 N–H and O–H groups in total. The van der Waals surface area contributed by atoms with Gasteiger partial charge in [0.2, 0.25) is 0 Å². The summed E-state index contributed by atoms with van der Waals surface area (Å²) in [5.74, 6) is -0.521. The maximum atomic E-state index is 13.0. The third-order valence-electron chi connectivity index (χ3n) is 4.94. The molecule has 1 aliphatic rings. The molecule has 11 heteroatoms. The van der Waals surface area contributed by atoms with Crippen LogP contribution in [0.15, 0.2) is 58.4 Å². The number of hydrogen-bond acceptors (Lipinski definition) is 6. The number of aromatic nitrogens is 2. The van der Waals surface area contributed by atoms with Crippen molar-refractivity contribution in [1.82, 2.24) is 9.78 Å². The average molecular weight is 464 g/mol. The monoisotopic (exact) mass is 464 g/mol. The fourth-order valence-electron chi connectivity index (χ4n) is 3.44. The zero-order valence-corrected chi connectivity index (χ0v) is 17.3. The topological polar surface area (TPSA) is 95.3 Å². The number of carbonyl (C=O) groups excluding carboxylic acids is 1. The van der Waals surface area contributed by atoms with E-state index < -0.39 is 34.1 Å². The number of fused-ring (bicyclic) bond motifs is 1. The molecular weight excluding hydrogens is 449 g/mol. The number of sulfone groups is 1. The van der Waals surface area contributed by atoms with Gasteiger partial charge in [-0.3, -0.25) is 4.79 Å². The minimum atomic E-state index is -4.66. The van der Waals surface area contributed by atoms with Crippen LogP contribution in [-0.4, -0.2) is 36.6 Å². The Morgan fingerprint density at radius 2 is 1.69 bits per heavy atom. The van der Waals surface area contributed by atoms with E-state index in [1.807, 2.05) is 0 Å². The first-order valence-electron chi connectivity index (χ1n) is 9.22. The molecule has 3 aromatic rings. The summed E-state index contributed by atoms with van der Waals surface area (Å²) >= 11 is 0. The Balaban J connectivity index is 1.92. The Kier molecular flexibility index (Phi) is 5.16. The van der Waals surface area contributed by atoms with Crippen molar-refractivity contribution in [2.24, 2.45) is 0 Å². The quantitative estimate of drug-likeness (QED) is 0.551. The molecule has 0 fully saturated rings. The Morgan fingerprint density at radius 3 is 2.31 bits per heavy atom. The normalized spacial score (nSPS) is 13.7. The fourth-order valence-corrected chi connectivity index (χ4v) is 4.07. The SMILES string of the molecule is CS(=O)(=O)c1ccc(-c2cnn(CC(F)(F)F)c(=O)c2-c2ccc3c(c2)COC3=O)cc1. The van der Waals surface area contributed by atoms with E-state index in [1.165, 1.54) is 42.5 Å². The molecule has 1 aromatic heterocycles. The van der Waals surface area contributed by atoms with Gasteiger partial charge in [-0.1, -0.05) is 18.2 Å². The second-order valence-electron chi connectivity index (χ2n) is 7.26. The highest BCUT2D eigenvalue weighted by atomic mass is 32.2. The molecule has 0 amide bonds. The number of cyclic esters (lactones) is 1. The van der Waals surface area contributed by atoms with E-state index in [2.05, 4.69) is 5.10 Å². The molecule has 0 radical (unpaired) electrons. The zero-order valence-electron chi connectivity index (χ0n) is 16.5. The maximum Gasteiger partial charge on any atom is 0.408 e. The zero-order chi connectivity index (χ0) is 23.3. The standard InChI is InChI=1S/C21H15F3N2O5S/c1-32(29,30)15-5-2-12(3-6-15)17-9-25-26(11-21(22,23)24)19(27)18(17)13-4-7-16-14(8-13)10-31-20(16)28/h2-9H,10-11H2,1H3. The number of carbonyl (C=O) groups is 1. The smallest absolute Gasteiger partial charge is 0.408 e. The van der Waals surface area contributed by atoms with Gasteiger partial charge in [0.15, 0.2) is 9.84 Å².